The fourth-order valence-corrected chi connectivity index (χ4v) is 6.36. The summed E-state index contributed by atoms with van der Waals surface area (Å²) in [7, 11) is -2.35. The number of aliphatic hydroxyl groups is 1. The molecule has 0 aromatic heterocycles. The van der Waals surface area contributed by atoms with E-state index < -0.39 is 16.4 Å². The minimum Gasteiger partial charge on any atom is -0.496 e. The van der Waals surface area contributed by atoms with Crippen molar-refractivity contribution in [1.29, 1.82) is 0 Å². The maximum atomic E-state index is 13.2. The minimum atomic E-state index is -3.91. The van der Waals surface area contributed by atoms with Gasteiger partial charge in [-0.15, -0.1) is 0 Å². The van der Waals surface area contributed by atoms with E-state index in [9.17, 15) is 13.5 Å². The summed E-state index contributed by atoms with van der Waals surface area (Å²) in [4.78, 5) is 0.166. The van der Waals surface area contributed by atoms with Crippen LogP contribution in [0.3, 0.4) is 0 Å². The summed E-state index contributed by atoms with van der Waals surface area (Å²) in [5.74, 6) is 0.673. The number of rotatable bonds is 13. The summed E-state index contributed by atoms with van der Waals surface area (Å²) in [6, 6.07) is 30.6. The molecule has 44 heavy (non-hydrogen) atoms. The third-order valence-corrected chi connectivity index (χ3v) is 8.76. The van der Waals surface area contributed by atoms with Crippen LogP contribution in [0, 0.1) is 19.8 Å². The number of methoxy groups -OCH3 is 1. The molecule has 0 aliphatic heterocycles. The lowest BCUT2D eigenvalue weighted by Crippen LogP contribution is -2.42. The number of nitrogens with one attached hydrogen (secondary N) is 2. The van der Waals surface area contributed by atoms with E-state index in [0.29, 0.717) is 23.4 Å². The molecule has 0 heterocycles. The van der Waals surface area contributed by atoms with E-state index in [1.807, 2.05) is 91.9 Å². The second-order valence-electron chi connectivity index (χ2n) is 10.9. The molecule has 0 aliphatic carbocycles. The van der Waals surface area contributed by atoms with Crippen molar-refractivity contribution in [1.82, 2.24) is 10.7 Å². The van der Waals surface area contributed by atoms with Crippen LogP contribution in [0.25, 0.3) is 0 Å². The number of hydrazone groups is 1. The second kappa shape index (κ2) is 14.9. The molecule has 8 nitrogen and oxygen atoms in total. The van der Waals surface area contributed by atoms with Crippen molar-refractivity contribution in [3.63, 3.8) is 0 Å². The Bertz CT molecular complexity index is 1670. The van der Waals surface area contributed by atoms with Gasteiger partial charge < -0.3 is 9.84 Å². The lowest BCUT2D eigenvalue weighted by molar-refractivity contribution is 0.0945. The van der Waals surface area contributed by atoms with Gasteiger partial charge in [-0.3, -0.25) is 10.7 Å². The van der Waals surface area contributed by atoms with Crippen LogP contribution in [0.15, 0.2) is 111 Å². The maximum absolute atomic E-state index is 13.2. The fraction of sp³-hybridized carbons (Fsp3) is 0.257. The highest BCUT2D eigenvalue weighted by Crippen LogP contribution is 2.27. The molecule has 9 heteroatoms. The van der Waals surface area contributed by atoms with Gasteiger partial charge in [0.05, 0.1) is 23.8 Å². The van der Waals surface area contributed by atoms with Crippen LogP contribution in [0.5, 0.6) is 5.75 Å². The first kappa shape index (κ1) is 32.6. The Morgan fingerprint density at radius 3 is 2.16 bits per heavy atom. The summed E-state index contributed by atoms with van der Waals surface area (Å²) < 4.78 is 35.8. The van der Waals surface area contributed by atoms with Gasteiger partial charge >= 0.3 is 0 Å². The van der Waals surface area contributed by atoms with Crippen LogP contribution >= 0.6 is 0 Å². The normalized spacial score (nSPS) is 13.7. The zero-order chi connectivity index (χ0) is 31.7. The van der Waals surface area contributed by atoms with E-state index in [-0.39, 0.29) is 16.9 Å². The first-order chi connectivity index (χ1) is 21.1. The Labute approximate surface area is 260 Å². The van der Waals surface area contributed by atoms with Crippen LogP contribution in [0.4, 0.5) is 0 Å². The number of aliphatic hydroxyl groups excluding tert-OH is 1. The molecule has 2 atom stereocenters. The van der Waals surface area contributed by atoms with Gasteiger partial charge in [0.25, 0.3) is 10.0 Å². The topological polar surface area (TPSA) is 112 Å². The Balaban J connectivity index is 1.39. The van der Waals surface area contributed by atoms with Crippen molar-refractivity contribution in [2.45, 2.75) is 51.4 Å². The fourth-order valence-electron chi connectivity index (χ4n) is 5.00. The van der Waals surface area contributed by atoms with Crippen LogP contribution in [0.1, 0.15) is 53.3 Å². The highest BCUT2D eigenvalue weighted by atomic mass is 32.2. The quantitative estimate of drug-likeness (QED) is 0.0982. The summed E-state index contributed by atoms with van der Waals surface area (Å²) in [6.07, 6.45) is 1.33. The zero-order valence-electron chi connectivity index (χ0n) is 25.7. The van der Waals surface area contributed by atoms with E-state index >= 15 is 0 Å². The summed E-state index contributed by atoms with van der Waals surface area (Å²) in [5, 5.41) is 18.1. The Kier molecular flexibility index (Phi) is 11.1. The van der Waals surface area contributed by atoms with Gasteiger partial charge in [0, 0.05) is 6.21 Å². The molecule has 4 aromatic carbocycles. The Morgan fingerprint density at radius 1 is 0.909 bits per heavy atom. The zero-order valence-corrected chi connectivity index (χ0v) is 26.5. The van der Waals surface area contributed by atoms with Crippen molar-refractivity contribution in [2.24, 2.45) is 15.4 Å². The molecule has 0 saturated carbocycles. The molecule has 0 bridgehead atoms. The van der Waals surface area contributed by atoms with Gasteiger partial charge in [0.15, 0.2) is 6.35 Å². The molecule has 0 spiro atoms. The standard InChI is InChI=1S/C35H40N4O4S/c1-24(23-36-38-35(40)37-34(29-14-8-6-9-15-29)30-16-10-7-11-17-30)19-28-13-12-18-31(22-28)27(4)39-44(41,42)33-21-25(2)32(43-5)20-26(33)3/h6-18,20-24,34-35,37-38,40H,19H2,1-5H3/b36-23+,39-27+. The minimum absolute atomic E-state index is 0.0369. The van der Waals surface area contributed by atoms with Crippen molar-refractivity contribution >= 4 is 21.9 Å². The van der Waals surface area contributed by atoms with E-state index in [1.54, 1.807) is 46.2 Å². The number of hydrogen-bond acceptors (Lipinski definition) is 7. The lowest BCUT2D eigenvalue weighted by atomic mass is 9.99. The first-order valence-corrected chi connectivity index (χ1v) is 15.9. The third-order valence-electron chi connectivity index (χ3n) is 7.25. The molecule has 4 rings (SSSR count). The van der Waals surface area contributed by atoms with E-state index in [2.05, 4.69) is 20.2 Å². The van der Waals surface area contributed by atoms with Gasteiger partial charge in [-0.1, -0.05) is 85.8 Å². The maximum Gasteiger partial charge on any atom is 0.282 e. The van der Waals surface area contributed by atoms with Crippen molar-refractivity contribution < 1.29 is 18.3 Å². The number of benzene rings is 4. The van der Waals surface area contributed by atoms with Crippen LogP contribution < -0.4 is 15.5 Å². The average molecular weight is 613 g/mol. The second-order valence-corrected chi connectivity index (χ2v) is 12.4. The van der Waals surface area contributed by atoms with E-state index in [0.717, 1.165) is 27.8 Å². The molecular weight excluding hydrogens is 572 g/mol. The SMILES string of the molecule is COc1cc(C)c(S(=O)(=O)/N=C(\C)c2cccc(CC(C)/C=N/NC(O)NC(c3ccccc3)c3ccccc3)c2)cc1C. The number of sulfonamides is 1. The molecule has 230 valence electrons. The molecule has 4 aromatic rings. The van der Waals surface area contributed by atoms with Crippen molar-refractivity contribution in [3.05, 3.63) is 130 Å². The number of aryl methyl sites for hydroxylation is 2. The number of hydrogen-bond donors (Lipinski definition) is 3. The van der Waals surface area contributed by atoms with Crippen molar-refractivity contribution in [2.75, 3.05) is 7.11 Å². The lowest BCUT2D eigenvalue weighted by Gasteiger charge is -2.23. The van der Waals surface area contributed by atoms with Gasteiger partial charge in [0.2, 0.25) is 0 Å². The van der Waals surface area contributed by atoms with Gasteiger partial charge in [-0.2, -0.15) is 17.9 Å². The molecular formula is C35H40N4O4S. The van der Waals surface area contributed by atoms with Gasteiger partial charge in [-0.05, 0) is 84.7 Å². The van der Waals surface area contributed by atoms with Crippen LogP contribution in [-0.4, -0.2) is 38.9 Å². The molecule has 3 N–H and O–H groups in total. The summed E-state index contributed by atoms with van der Waals surface area (Å²) >= 11 is 0. The summed E-state index contributed by atoms with van der Waals surface area (Å²) in [6.45, 7) is 7.26. The third kappa shape index (κ3) is 8.63. The smallest absolute Gasteiger partial charge is 0.282 e. The first-order valence-electron chi connectivity index (χ1n) is 14.5. The molecule has 0 saturated heterocycles. The van der Waals surface area contributed by atoms with E-state index in [1.165, 1.54) is 0 Å². The molecule has 0 amide bonds. The molecule has 0 radical (unpaired) electrons. The van der Waals surface area contributed by atoms with Crippen LogP contribution in [0.2, 0.25) is 0 Å². The number of ether oxygens (including phenoxy) is 1. The highest BCUT2D eigenvalue weighted by molar-refractivity contribution is 7.90. The molecule has 0 fully saturated rings. The number of nitrogens with zero attached hydrogens (tertiary/aromatic N) is 2. The molecule has 0 aliphatic rings. The molecule has 2 unspecified atom stereocenters. The predicted molar refractivity (Wildman–Crippen MR) is 177 cm³/mol. The van der Waals surface area contributed by atoms with E-state index in [4.69, 9.17) is 4.74 Å². The predicted octanol–water partition coefficient (Wildman–Crippen LogP) is 5.92. The largest absolute Gasteiger partial charge is 0.496 e. The summed E-state index contributed by atoms with van der Waals surface area (Å²) in [5.41, 5.74) is 8.28. The van der Waals surface area contributed by atoms with Gasteiger partial charge in [0.1, 0.15) is 5.75 Å². The van der Waals surface area contributed by atoms with Crippen molar-refractivity contribution in [3.8, 4) is 5.75 Å². The Hall–Kier alpha value is -4.31. The van der Waals surface area contributed by atoms with Crippen LogP contribution in [-0.2, 0) is 16.4 Å². The monoisotopic (exact) mass is 612 g/mol. The Morgan fingerprint density at radius 2 is 1.55 bits per heavy atom. The average Bonchev–Trinajstić information content (AvgIpc) is 3.01. The highest BCUT2D eigenvalue weighted by Gasteiger charge is 2.19. The van der Waals surface area contributed by atoms with Gasteiger partial charge in [-0.25, -0.2) is 0 Å².